The Morgan fingerprint density at radius 1 is 1.35 bits per heavy atom. The first-order valence-electron chi connectivity index (χ1n) is 6.44. The van der Waals surface area contributed by atoms with Crippen molar-refractivity contribution >= 4 is 5.91 Å². The van der Waals surface area contributed by atoms with Gasteiger partial charge in [0, 0.05) is 30.9 Å². The number of hydrogen-bond acceptors (Lipinski definition) is 3. The van der Waals surface area contributed by atoms with E-state index in [0.29, 0.717) is 24.3 Å². The first-order valence-corrected chi connectivity index (χ1v) is 6.44. The lowest BCUT2D eigenvalue weighted by atomic mass is 10.1. The van der Waals surface area contributed by atoms with Gasteiger partial charge in [-0.25, -0.2) is 4.39 Å². The summed E-state index contributed by atoms with van der Waals surface area (Å²) in [5.74, 6) is -0.433. The number of aromatic amines is 1. The van der Waals surface area contributed by atoms with E-state index in [-0.39, 0.29) is 17.8 Å². The van der Waals surface area contributed by atoms with Crippen molar-refractivity contribution in [2.45, 2.75) is 13.0 Å². The number of carbonyl (C=O) groups excluding carboxylic acids is 1. The summed E-state index contributed by atoms with van der Waals surface area (Å²) < 4.78 is 13.5. The van der Waals surface area contributed by atoms with E-state index in [4.69, 9.17) is 0 Å². The van der Waals surface area contributed by atoms with Gasteiger partial charge in [0.2, 0.25) is 0 Å². The summed E-state index contributed by atoms with van der Waals surface area (Å²) in [5, 5.41) is 12.2. The van der Waals surface area contributed by atoms with E-state index in [1.807, 2.05) is 6.92 Å². The first-order chi connectivity index (χ1) is 9.68. The van der Waals surface area contributed by atoms with Gasteiger partial charge in [-0.1, -0.05) is 18.2 Å². The van der Waals surface area contributed by atoms with Crippen LogP contribution < -0.4 is 10.6 Å². The Balaban J connectivity index is 1.74. The minimum atomic E-state index is -0.228. The van der Waals surface area contributed by atoms with Gasteiger partial charge in [0.25, 0.3) is 5.91 Å². The fourth-order valence-corrected chi connectivity index (χ4v) is 1.88. The third kappa shape index (κ3) is 3.64. The highest BCUT2D eigenvalue weighted by Gasteiger charge is 2.09. The molecule has 1 heterocycles. The van der Waals surface area contributed by atoms with Crippen LogP contribution in [0.5, 0.6) is 0 Å². The predicted molar refractivity (Wildman–Crippen MR) is 73.7 cm³/mol. The van der Waals surface area contributed by atoms with Crippen LogP contribution >= 0.6 is 0 Å². The van der Waals surface area contributed by atoms with Crippen molar-refractivity contribution in [1.82, 2.24) is 20.8 Å². The molecule has 0 bridgehead atoms. The lowest BCUT2D eigenvalue weighted by Crippen LogP contribution is -2.33. The summed E-state index contributed by atoms with van der Waals surface area (Å²) in [6.07, 6.45) is 1.52. The number of hydrogen-bond donors (Lipinski definition) is 3. The van der Waals surface area contributed by atoms with Gasteiger partial charge in [-0.05, 0) is 19.1 Å². The normalized spacial score (nSPS) is 12.1. The maximum Gasteiger partial charge on any atom is 0.269 e. The number of nitrogens with one attached hydrogen (secondary N) is 3. The Kier molecular flexibility index (Phi) is 4.84. The minimum absolute atomic E-state index is 0.111. The van der Waals surface area contributed by atoms with Crippen LogP contribution in [0.1, 0.15) is 29.0 Å². The smallest absolute Gasteiger partial charge is 0.269 e. The van der Waals surface area contributed by atoms with Crippen molar-refractivity contribution in [3.8, 4) is 0 Å². The standard InChI is InChI=1S/C14H17FN4O/c1-10(11-4-2-3-5-12(11)15)16-8-9-17-14(20)13-6-7-18-19-13/h2-7,10,16H,8-9H2,1H3,(H,17,20)(H,18,19)/t10-/m1/s1. The number of nitrogens with zero attached hydrogens (tertiary/aromatic N) is 1. The molecule has 0 unspecified atom stereocenters. The maximum absolute atomic E-state index is 13.5. The Morgan fingerprint density at radius 2 is 2.15 bits per heavy atom. The zero-order valence-electron chi connectivity index (χ0n) is 11.2. The van der Waals surface area contributed by atoms with Crippen LogP contribution in [0, 0.1) is 5.82 Å². The monoisotopic (exact) mass is 276 g/mol. The van der Waals surface area contributed by atoms with Crippen LogP contribution in [0.4, 0.5) is 4.39 Å². The van der Waals surface area contributed by atoms with Gasteiger partial charge in [-0.3, -0.25) is 9.89 Å². The van der Waals surface area contributed by atoms with Crippen LogP contribution in [0.2, 0.25) is 0 Å². The molecule has 2 rings (SSSR count). The number of benzene rings is 1. The highest BCUT2D eigenvalue weighted by atomic mass is 19.1. The second-order valence-corrected chi connectivity index (χ2v) is 4.42. The molecule has 5 nitrogen and oxygen atoms in total. The lowest BCUT2D eigenvalue weighted by molar-refractivity contribution is 0.0948. The minimum Gasteiger partial charge on any atom is -0.349 e. The van der Waals surface area contributed by atoms with Gasteiger partial charge < -0.3 is 10.6 Å². The molecule has 0 saturated carbocycles. The molecule has 0 aliphatic rings. The second kappa shape index (κ2) is 6.81. The predicted octanol–water partition coefficient (Wildman–Crippen LogP) is 1.63. The van der Waals surface area contributed by atoms with E-state index in [9.17, 15) is 9.18 Å². The molecule has 0 saturated heterocycles. The third-order valence-corrected chi connectivity index (χ3v) is 2.98. The van der Waals surface area contributed by atoms with Crippen molar-refractivity contribution in [2.24, 2.45) is 0 Å². The van der Waals surface area contributed by atoms with E-state index in [1.165, 1.54) is 12.3 Å². The van der Waals surface area contributed by atoms with Crippen molar-refractivity contribution in [2.75, 3.05) is 13.1 Å². The Hall–Kier alpha value is -2.21. The quantitative estimate of drug-likeness (QED) is 0.702. The summed E-state index contributed by atoms with van der Waals surface area (Å²) in [6, 6.07) is 8.14. The fraction of sp³-hybridized carbons (Fsp3) is 0.286. The van der Waals surface area contributed by atoms with Gasteiger partial charge in [-0.2, -0.15) is 5.10 Å². The number of carbonyl (C=O) groups is 1. The Labute approximate surface area is 116 Å². The lowest BCUT2D eigenvalue weighted by Gasteiger charge is -2.15. The third-order valence-electron chi connectivity index (χ3n) is 2.98. The summed E-state index contributed by atoms with van der Waals surface area (Å²) in [5.41, 5.74) is 1.04. The summed E-state index contributed by atoms with van der Waals surface area (Å²) in [6.45, 7) is 2.89. The Bertz CT molecular complexity index is 556. The van der Waals surface area contributed by atoms with Gasteiger partial charge in [-0.15, -0.1) is 0 Å². The number of aromatic nitrogens is 2. The van der Waals surface area contributed by atoms with Gasteiger partial charge >= 0.3 is 0 Å². The van der Waals surface area contributed by atoms with E-state index < -0.39 is 0 Å². The van der Waals surface area contributed by atoms with Crippen LogP contribution in [-0.2, 0) is 0 Å². The number of amides is 1. The molecular weight excluding hydrogens is 259 g/mol. The van der Waals surface area contributed by atoms with Crippen molar-refractivity contribution in [3.05, 3.63) is 53.6 Å². The van der Waals surface area contributed by atoms with E-state index in [2.05, 4.69) is 20.8 Å². The zero-order chi connectivity index (χ0) is 14.4. The first kappa shape index (κ1) is 14.2. The van der Waals surface area contributed by atoms with Crippen molar-refractivity contribution in [1.29, 1.82) is 0 Å². The highest BCUT2D eigenvalue weighted by Crippen LogP contribution is 2.15. The second-order valence-electron chi connectivity index (χ2n) is 4.42. The van der Waals surface area contributed by atoms with Crippen molar-refractivity contribution < 1.29 is 9.18 Å². The number of rotatable bonds is 6. The average Bonchev–Trinajstić information content (AvgIpc) is 2.98. The topological polar surface area (TPSA) is 69.8 Å². The molecule has 1 atom stereocenters. The molecule has 0 fully saturated rings. The van der Waals surface area contributed by atoms with Gasteiger partial charge in [0.05, 0.1) is 0 Å². The molecule has 0 aliphatic carbocycles. The molecule has 0 aliphatic heterocycles. The molecular formula is C14H17FN4O. The molecule has 6 heteroatoms. The van der Waals surface area contributed by atoms with Gasteiger partial charge in [0.1, 0.15) is 11.5 Å². The molecule has 2 aromatic rings. The van der Waals surface area contributed by atoms with Gasteiger partial charge in [0.15, 0.2) is 0 Å². The maximum atomic E-state index is 13.5. The van der Waals surface area contributed by atoms with Crippen molar-refractivity contribution in [3.63, 3.8) is 0 Å². The zero-order valence-corrected chi connectivity index (χ0v) is 11.2. The van der Waals surface area contributed by atoms with E-state index >= 15 is 0 Å². The summed E-state index contributed by atoms with van der Waals surface area (Å²) >= 11 is 0. The molecule has 3 N–H and O–H groups in total. The van der Waals surface area contributed by atoms with E-state index in [1.54, 1.807) is 24.3 Å². The van der Waals surface area contributed by atoms with Crippen LogP contribution in [0.3, 0.4) is 0 Å². The molecule has 1 aromatic carbocycles. The highest BCUT2D eigenvalue weighted by molar-refractivity contribution is 5.92. The average molecular weight is 276 g/mol. The summed E-state index contributed by atoms with van der Waals surface area (Å²) in [7, 11) is 0. The molecule has 20 heavy (non-hydrogen) atoms. The number of halogens is 1. The van der Waals surface area contributed by atoms with Crippen LogP contribution in [0.25, 0.3) is 0 Å². The SMILES string of the molecule is C[C@@H](NCCNC(=O)c1ccn[nH]1)c1ccccc1F. The molecule has 106 valence electrons. The summed E-state index contributed by atoms with van der Waals surface area (Å²) in [4.78, 5) is 11.6. The van der Waals surface area contributed by atoms with Crippen LogP contribution in [0.15, 0.2) is 36.5 Å². The molecule has 1 aromatic heterocycles. The Morgan fingerprint density at radius 3 is 2.85 bits per heavy atom. The molecule has 0 spiro atoms. The largest absolute Gasteiger partial charge is 0.349 e. The number of H-pyrrole nitrogens is 1. The molecule has 0 radical (unpaired) electrons. The molecule has 1 amide bonds. The van der Waals surface area contributed by atoms with E-state index in [0.717, 1.165) is 0 Å². The fourth-order valence-electron chi connectivity index (χ4n) is 1.88. The van der Waals surface area contributed by atoms with Crippen LogP contribution in [-0.4, -0.2) is 29.2 Å².